The second kappa shape index (κ2) is 10.4. The van der Waals surface area contributed by atoms with Crippen LogP contribution in [-0.2, 0) is 29.7 Å². The Morgan fingerprint density at radius 1 is 1.12 bits per heavy atom. The van der Waals surface area contributed by atoms with E-state index in [4.69, 9.17) is 14.7 Å². The molecule has 1 aliphatic heterocycles. The predicted octanol–water partition coefficient (Wildman–Crippen LogP) is 4.84. The maximum absolute atomic E-state index is 13.2. The first-order chi connectivity index (χ1) is 19.4. The number of benzene rings is 1. The topological polar surface area (TPSA) is 131 Å². The van der Waals surface area contributed by atoms with Crippen LogP contribution in [0.15, 0.2) is 47.4 Å². The summed E-state index contributed by atoms with van der Waals surface area (Å²) in [4.78, 5) is 41.4. The largest absolute Gasteiger partial charge is 0.444 e. The number of fused-ring (bicyclic) bond motifs is 2. The highest BCUT2D eigenvalue weighted by molar-refractivity contribution is 5.77. The molecule has 1 amide bonds. The number of ether oxygens (including phenoxy) is 1. The summed E-state index contributed by atoms with van der Waals surface area (Å²) in [5.41, 5.74) is 2.36. The zero-order valence-electron chi connectivity index (χ0n) is 24.2. The number of carbonyl (C=O) groups is 1. The number of nitrogens with zero attached hydrogens (tertiary/aromatic N) is 7. The first kappa shape index (κ1) is 27.8. The molecule has 0 unspecified atom stereocenters. The highest BCUT2D eigenvalue weighted by Gasteiger charge is 2.26. The van der Waals surface area contributed by atoms with Crippen molar-refractivity contribution in [2.45, 2.75) is 72.1 Å². The van der Waals surface area contributed by atoms with Gasteiger partial charge in [0, 0.05) is 31.5 Å². The molecule has 0 saturated carbocycles. The Hall–Kier alpha value is -4.72. The fourth-order valence-electron chi connectivity index (χ4n) is 4.80. The first-order valence-corrected chi connectivity index (χ1v) is 13.6. The minimum Gasteiger partial charge on any atom is -0.444 e. The van der Waals surface area contributed by atoms with Gasteiger partial charge in [-0.05, 0) is 83.4 Å². The van der Waals surface area contributed by atoms with Gasteiger partial charge in [-0.2, -0.15) is 10.2 Å². The Morgan fingerprint density at radius 3 is 2.61 bits per heavy atom. The fourth-order valence-corrected chi connectivity index (χ4v) is 4.80. The van der Waals surface area contributed by atoms with E-state index >= 15 is 0 Å². The van der Waals surface area contributed by atoms with Crippen LogP contribution in [-0.4, -0.2) is 47.5 Å². The van der Waals surface area contributed by atoms with Gasteiger partial charge >= 0.3 is 6.09 Å². The van der Waals surface area contributed by atoms with Gasteiger partial charge in [0.25, 0.3) is 5.56 Å². The van der Waals surface area contributed by atoms with Crippen LogP contribution < -0.4 is 10.9 Å². The number of carbonyl (C=O) groups excluding carboxylic acids is 1. The third-order valence-electron chi connectivity index (χ3n) is 6.97. The summed E-state index contributed by atoms with van der Waals surface area (Å²) in [5, 5.41) is 13.2. The molecule has 0 spiro atoms. The monoisotopic (exact) mass is 554 g/mol. The van der Waals surface area contributed by atoms with Crippen LogP contribution in [0, 0.1) is 11.3 Å². The minimum absolute atomic E-state index is 0.225. The maximum Gasteiger partial charge on any atom is 0.410 e. The van der Waals surface area contributed by atoms with Crippen molar-refractivity contribution < 1.29 is 9.53 Å². The van der Waals surface area contributed by atoms with Crippen LogP contribution in [0.25, 0.3) is 16.9 Å². The lowest BCUT2D eigenvalue weighted by atomic mass is 9.91. The number of aromatic nitrogens is 5. The number of amides is 1. The smallest absolute Gasteiger partial charge is 0.410 e. The van der Waals surface area contributed by atoms with Gasteiger partial charge in [-0.15, -0.1) is 0 Å². The first-order valence-electron chi connectivity index (χ1n) is 13.6. The molecule has 0 atom stereocenters. The molecule has 11 heteroatoms. The molecule has 41 heavy (non-hydrogen) atoms. The number of nitriles is 1. The number of hydrogen-bond donors (Lipinski definition) is 1. The molecule has 0 fully saturated rings. The lowest BCUT2D eigenvalue weighted by Crippen LogP contribution is -2.39. The molecule has 1 aromatic carbocycles. The average molecular weight is 555 g/mol. The second-order valence-electron chi connectivity index (χ2n) is 11.6. The molecule has 1 N–H and O–H groups in total. The summed E-state index contributed by atoms with van der Waals surface area (Å²) in [6, 6.07) is 13.7. The van der Waals surface area contributed by atoms with Crippen LogP contribution in [0.2, 0.25) is 0 Å². The standard InChI is InChI=1S/C30H34N8O3/c1-7-37-26(39)22-16-32-27(35-25(22)38(37)24-10-8-9-23(34-24)30(5,6)18-31)33-21-12-11-19-13-14-36(17-20(19)15-21)28(40)41-29(2,3)4/h8-12,15-16H,7,13-14,17H2,1-6H3,(H,32,33,35). The molecule has 1 aliphatic rings. The second-order valence-corrected chi connectivity index (χ2v) is 11.6. The lowest BCUT2D eigenvalue weighted by Gasteiger charge is -2.31. The summed E-state index contributed by atoms with van der Waals surface area (Å²) in [5.74, 6) is 0.799. The third-order valence-corrected chi connectivity index (χ3v) is 6.97. The average Bonchev–Trinajstić information content (AvgIpc) is 3.22. The number of anilines is 2. The van der Waals surface area contributed by atoms with Crippen LogP contribution in [0.5, 0.6) is 0 Å². The van der Waals surface area contributed by atoms with Crippen LogP contribution in [0.4, 0.5) is 16.4 Å². The summed E-state index contributed by atoms with van der Waals surface area (Å²) in [6.45, 7) is 12.5. The van der Waals surface area contributed by atoms with Crippen molar-refractivity contribution in [3.63, 3.8) is 0 Å². The summed E-state index contributed by atoms with van der Waals surface area (Å²) in [6.07, 6.45) is 1.93. The summed E-state index contributed by atoms with van der Waals surface area (Å²) >= 11 is 0. The minimum atomic E-state index is -0.802. The van der Waals surface area contributed by atoms with Gasteiger partial charge in [-0.3, -0.25) is 4.79 Å². The maximum atomic E-state index is 13.2. The van der Waals surface area contributed by atoms with Crippen molar-refractivity contribution in [1.29, 1.82) is 5.26 Å². The lowest BCUT2D eigenvalue weighted by molar-refractivity contribution is 0.0224. The number of hydrogen-bond acceptors (Lipinski definition) is 8. The molecule has 0 bridgehead atoms. The van der Waals surface area contributed by atoms with E-state index in [1.165, 1.54) is 11.8 Å². The highest BCUT2D eigenvalue weighted by atomic mass is 16.6. The molecule has 5 rings (SSSR count). The number of nitrogens with one attached hydrogen (secondary N) is 1. The number of pyridine rings is 1. The Labute approximate surface area is 238 Å². The van der Waals surface area contributed by atoms with Gasteiger partial charge in [0.2, 0.25) is 5.95 Å². The molecule has 11 nitrogen and oxygen atoms in total. The fraction of sp³-hybridized carbons (Fsp3) is 0.400. The van der Waals surface area contributed by atoms with E-state index in [1.807, 2.05) is 52.0 Å². The van der Waals surface area contributed by atoms with E-state index < -0.39 is 11.0 Å². The molecule has 212 valence electrons. The number of rotatable bonds is 5. The van der Waals surface area contributed by atoms with Crippen molar-refractivity contribution in [3.8, 4) is 11.9 Å². The van der Waals surface area contributed by atoms with Crippen molar-refractivity contribution in [1.82, 2.24) is 29.2 Å². The third kappa shape index (κ3) is 5.50. The van der Waals surface area contributed by atoms with E-state index in [1.54, 1.807) is 40.2 Å². The SMILES string of the molecule is CCn1c(=O)c2cnc(Nc3ccc4c(c3)CN(C(=O)OC(C)(C)C)CC4)nc2n1-c1cccc(C(C)(C)C#N)n1. The van der Waals surface area contributed by atoms with E-state index in [0.29, 0.717) is 48.1 Å². The van der Waals surface area contributed by atoms with Gasteiger partial charge in [-0.25, -0.2) is 24.1 Å². The Bertz CT molecular complexity index is 1740. The predicted molar refractivity (Wildman–Crippen MR) is 155 cm³/mol. The van der Waals surface area contributed by atoms with E-state index in [0.717, 1.165) is 17.7 Å². The molecular weight excluding hydrogens is 520 g/mol. The van der Waals surface area contributed by atoms with Gasteiger partial charge in [-0.1, -0.05) is 12.1 Å². The van der Waals surface area contributed by atoms with Gasteiger partial charge < -0.3 is 15.0 Å². The van der Waals surface area contributed by atoms with Crippen LogP contribution >= 0.6 is 0 Å². The molecule has 3 aromatic heterocycles. The summed E-state index contributed by atoms with van der Waals surface area (Å²) < 4.78 is 8.79. The van der Waals surface area contributed by atoms with Crippen molar-refractivity contribution in [2.24, 2.45) is 0 Å². The van der Waals surface area contributed by atoms with Gasteiger partial charge in [0.15, 0.2) is 11.5 Å². The Balaban J connectivity index is 1.48. The quantitative estimate of drug-likeness (QED) is 0.371. The zero-order chi connectivity index (χ0) is 29.5. The van der Waals surface area contributed by atoms with Gasteiger partial charge in [0.1, 0.15) is 11.0 Å². The van der Waals surface area contributed by atoms with E-state index in [-0.39, 0.29) is 11.7 Å². The van der Waals surface area contributed by atoms with E-state index in [9.17, 15) is 14.9 Å². The molecule has 4 aromatic rings. The summed E-state index contributed by atoms with van der Waals surface area (Å²) in [7, 11) is 0. The van der Waals surface area contributed by atoms with Gasteiger partial charge in [0.05, 0.1) is 17.2 Å². The molecular formula is C30H34N8O3. The molecule has 0 saturated heterocycles. The highest BCUT2D eigenvalue weighted by Crippen LogP contribution is 2.26. The Kier molecular flexibility index (Phi) is 7.03. The Morgan fingerprint density at radius 2 is 1.90 bits per heavy atom. The zero-order valence-corrected chi connectivity index (χ0v) is 24.2. The molecule has 0 radical (unpaired) electrons. The van der Waals surface area contributed by atoms with Crippen molar-refractivity contribution in [2.75, 3.05) is 11.9 Å². The van der Waals surface area contributed by atoms with Crippen LogP contribution in [0.3, 0.4) is 0 Å². The molecule has 0 aliphatic carbocycles. The van der Waals surface area contributed by atoms with Crippen molar-refractivity contribution in [3.05, 3.63) is 69.8 Å². The van der Waals surface area contributed by atoms with Crippen LogP contribution in [0.1, 0.15) is 58.4 Å². The normalized spacial score (nSPS) is 13.5. The van der Waals surface area contributed by atoms with E-state index in [2.05, 4.69) is 16.4 Å². The molecule has 4 heterocycles. The van der Waals surface area contributed by atoms with Crippen molar-refractivity contribution >= 4 is 28.8 Å².